The highest BCUT2D eigenvalue weighted by Gasteiger charge is 2.21. The van der Waals surface area contributed by atoms with Crippen LogP contribution in [0.15, 0.2) is 47.3 Å². The average molecular weight is 472 g/mol. The van der Waals surface area contributed by atoms with Gasteiger partial charge >= 0.3 is 5.84 Å². The number of imidazole rings is 1. The molecule has 1 aliphatic rings. The van der Waals surface area contributed by atoms with Crippen molar-refractivity contribution in [3.63, 3.8) is 0 Å². The molecule has 0 saturated carbocycles. The number of hydrogen-bond acceptors (Lipinski definition) is 9. The van der Waals surface area contributed by atoms with Crippen molar-refractivity contribution < 1.29 is 9.15 Å². The maximum Gasteiger partial charge on any atom is 0.306 e. The van der Waals surface area contributed by atoms with Gasteiger partial charge in [-0.1, -0.05) is 17.7 Å². The van der Waals surface area contributed by atoms with E-state index < -0.39 is 0 Å². The summed E-state index contributed by atoms with van der Waals surface area (Å²) in [5.41, 5.74) is 3.11. The van der Waals surface area contributed by atoms with Crippen molar-refractivity contribution in [1.82, 2.24) is 28.0 Å². The molecule has 1 N–H and O–H groups in total. The van der Waals surface area contributed by atoms with E-state index in [1.165, 1.54) is 0 Å². The number of oxazole rings is 1. The first-order valence-corrected chi connectivity index (χ1v) is 11.2. The van der Waals surface area contributed by atoms with Crippen LogP contribution in [0.1, 0.15) is 0 Å². The van der Waals surface area contributed by atoms with Crippen molar-refractivity contribution in [2.75, 3.05) is 45.7 Å². The largest absolute Gasteiger partial charge is 0.495 e. The molecular weight excluding hydrogens is 450 g/mol. The molecule has 0 aliphatic carbocycles. The van der Waals surface area contributed by atoms with Gasteiger partial charge in [0.05, 0.1) is 17.8 Å². The van der Waals surface area contributed by atoms with E-state index in [1.807, 2.05) is 28.8 Å². The standard InChI is InChI=1S/C21H22ClN7O2S/c1-27-9-10-28(32-27)8-7-24-20-23-6-5-16(25-20)19-18(26-21-29(19)11-12-31-21)14-3-4-15(22)17(13-14)30-2/h3-6,11-13H,7-10H2,1-2H3,(H,23,24,25). The van der Waals surface area contributed by atoms with Gasteiger partial charge in [-0.05, 0) is 25.2 Å². The Morgan fingerprint density at radius 1 is 1.25 bits per heavy atom. The fourth-order valence-corrected chi connectivity index (χ4v) is 4.68. The van der Waals surface area contributed by atoms with Gasteiger partial charge in [0.1, 0.15) is 23.4 Å². The van der Waals surface area contributed by atoms with E-state index >= 15 is 0 Å². The molecule has 3 aromatic heterocycles. The maximum absolute atomic E-state index is 6.22. The van der Waals surface area contributed by atoms with Gasteiger partial charge in [0.25, 0.3) is 0 Å². The second-order valence-corrected chi connectivity index (χ2v) is 8.98. The second kappa shape index (κ2) is 8.99. The van der Waals surface area contributed by atoms with Crippen molar-refractivity contribution >= 4 is 35.5 Å². The van der Waals surface area contributed by atoms with Crippen LogP contribution in [0.5, 0.6) is 5.75 Å². The number of nitrogens with one attached hydrogen (secondary N) is 1. The number of halogens is 1. The first-order valence-electron chi connectivity index (χ1n) is 10.1. The highest BCUT2D eigenvalue weighted by atomic mass is 35.5. The third kappa shape index (κ3) is 4.14. The molecule has 1 aromatic carbocycles. The summed E-state index contributed by atoms with van der Waals surface area (Å²) in [7, 11) is 3.69. The van der Waals surface area contributed by atoms with E-state index in [2.05, 4.69) is 30.9 Å². The smallest absolute Gasteiger partial charge is 0.306 e. The number of anilines is 1. The molecule has 0 atom stereocenters. The molecule has 0 unspecified atom stereocenters. The van der Waals surface area contributed by atoms with E-state index in [0.29, 0.717) is 22.6 Å². The molecule has 0 amide bonds. The minimum absolute atomic E-state index is 0.479. The van der Waals surface area contributed by atoms with Crippen molar-refractivity contribution in [2.45, 2.75) is 0 Å². The van der Waals surface area contributed by atoms with Crippen LogP contribution in [0.2, 0.25) is 5.02 Å². The van der Waals surface area contributed by atoms with Crippen molar-refractivity contribution in [3.8, 4) is 28.4 Å². The quantitative estimate of drug-likeness (QED) is 0.403. The molecular formula is C21H22ClN7O2S. The molecule has 32 heavy (non-hydrogen) atoms. The lowest BCUT2D eigenvalue weighted by Crippen LogP contribution is -2.22. The monoisotopic (exact) mass is 471 g/mol. The number of benzene rings is 1. The Hall–Kier alpha value is -2.79. The number of aromatic nitrogens is 4. The lowest BCUT2D eigenvalue weighted by Gasteiger charge is -2.14. The van der Waals surface area contributed by atoms with Crippen LogP contribution < -0.4 is 10.1 Å². The second-order valence-electron chi connectivity index (χ2n) is 7.27. The van der Waals surface area contributed by atoms with Crippen LogP contribution >= 0.6 is 23.7 Å². The third-order valence-electron chi connectivity index (χ3n) is 5.15. The summed E-state index contributed by atoms with van der Waals surface area (Å²) in [6, 6.07) is 7.42. The highest BCUT2D eigenvalue weighted by Crippen LogP contribution is 2.36. The van der Waals surface area contributed by atoms with Gasteiger partial charge in [-0.15, -0.1) is 0 Å². The molecule has 0 radical (unpaired) electrons. The predicted molar refractivity (Wildman–Crippen MR) is 126 cm³/mol. The molecule has 1 saturated heterocycles. The van der Waals surface area contributed by atoms with Gasteiger partial charge < -0.3 is 14.5 Å². The third-order valence-corrected chi connectivity index (χ3v) is 6.52. The molecule has 9 nitrogen and oxygen atoms in total. The number of ether oxygens (including phenoxy) is 1. The number of likely N-dealkylation sites (N-methyl/N-ethyl adjacent to an activating group) is 1. The van der Waals surface area contributed by atoms with Gasteiger partial charge in [0.2, 0.25) is 5.95 Å². The Kier molecular flexibility index (Phi) is 5.92. The zero-order chi connectivity index (χ0) is 22.1. The van der Waals surface area contributed by atoms with E-state index in [0.717, 1.165) is 48.8 Å². The molecule has 4 heterocycles. The molecule has 11 heteroatoms. The topological polar surface area (TPSA) is 84.0 Å². The van der Waals surface area contributed by atoms with Crippen LogP contribution in [-0.4, -0.2) is 68.3 Å². The van der Waals surface area contributed by atoms with Crippen molar-refractivity contribution in [1.29, 1.82) is 0 Å². The summed E-state index contributed by atoms with van der Waals surface area (Å²) in [6.45, 7) is 3.76. The first-order chi connectivity index (χ1) is 15.6. The summed E-state index contributed by atoms with van der Waals surface area (Å²) in [5, 5.41) is 3.87. The Morgan fingerprint density at radius 2 is 2.16 bits per heavy atom. The van der Waals surface area contributed by atoms with Crippen LogP contribution in [-0.2, 0) is 0 Å². The fraction of sp³-hybridized carbons (Fsp3) is 0.286. The summed E-state index contributed by atoms with van der Waals surface area (Å²) in [6.07, 6.45) is 5.17. The van der Waals surface area contributed by atoms with Crippen LogP contribution in [0.4, 0.5) is 5.95 Å². The number of hydrogen-bond donors (Lipinski definition) is 1. The first kappa shape index (κ1) is 21.1. The molecule has 5 rings (SSSR count). The Bertz CT molecular complexity index is 1240. The number of rotatable bonds is 7. The van der Waals surface area contributed by atoms with E-state index in [1.54, 1.807) is 37.8 Å². The highest BCUT2D eigenvalue weighted by molar-refractivity contribution is 7.94. The van der Waals surface area contributed by atoms with E-state index in [9.17, 15) is 0 Å². The van der Waals surface area contributed by atoms with Gasteiger partial charge in [-0.25, -0.2) is 18.6 Å². The van der Waals surface area contributed by atoms with Gasteiger partial charge in [0.15, 0.2) is 0 Å². The molecule has 0 bridgehead atoms. The van der Waals surface area contributed by atoms with E-state index in [-0.39, 0.29) is 0 Å². The minimum Gasteiger partial charge on any atom is -0.495 e. The SMILES string of the molecule is COc1cc(-c2nc3occn3c2-c2ccnc(NCCN3CCN(C)S3)n2)ccc1Cl. The maximum atomic E-state index is 6.22. The zero-order valence-corrected chi connectivity index (χ0v) is 19.2. The average Bonchev–Trinajstić information content (AvgIpc) is 3.50. The van der Waals surface area contributed by atoms with Gasteiger partial charge in [-0.3, -0.25) is 4.40 Å². The molecule has 4 aromatic rings. The Morgan fingerprint density at radius 3 is 2.97 bits per heavy atom. The Balaban J connectivity index is 1.45. The van der Waals surface area contributed by atoms with Crippen LogP contribution in [0.3, 0.4) is 0 Å². The summed E-state index contributed by atoms with van der Waals surface area (Å²) >= 11 is 7.97. The minimum atomic E-state index is 0.479. The van der Waals surface area contributed by atoms with E-state index in [4.69, 9.17) is 25.7 Å². The van der Waals surface area contributed by atoms with Crippen molar-refractivity contribution in [3.05, 3.63) is 47.9 Å². The summed E-state index contributed by atoms with van der Waals surface area (Å²) in [5.74, 6) is 1.63. The van der Waals surface area contributed by atoms with Crippen molar-refractivity contribution in [2.24, 2.45) is 0 Å². The van der Waals surface area contributed by atoms with Crippen LogP contribution in [0.25, 0.3) is 28.5 Å². The molecule has 166 valence electrons. The number of nitrogens with zero attached hydrogens (tertiary/aromatic N) is 6. The Labute approximate surface area is 194 Å². The lowest BCUT2D eigenvalue weighted by molar-refractivity contribution is 0.415. The fourth-order valence-electron chi connectivity index (χ4n) is 3.59. The summed E-state index contributed by atoms with van der Waals surface area (Å²) in [4.78, 5) is 13.8. The summed E-state index contributed by atoms with van der Waals surface area (Å²) < 4.78 is 17.3. The number of fused-ring (bicyclic) bond motifs is 1. The lowest BCUT2D eigenvalue weighted by atomic mass is 10.1. The molecule has 1 fully saturated rings. The van der Waals surface area contributed by atoms with Gasteiger partial charge in [0, 0.05) is 56.3 Å². The zero-order valence-electron chi connectivity index (χ0n) is 17.7. The normalized spacial score (nSPS) is 15.0. The molecule has 0 spiro atoms. The predicted octanol–water partition coefficient (Wildman–Crippen LogP) is 3.94. The molecule has 1 aliphatic heterocycles. The van der Waals surface area contributed by atoms with Crippen LogP contribution in [0, 0.1) is 0 Å². The number of methoxy groups -OCH3 is 1. The van der Waals surface area contributed by atoms with Gasteiger partial charge in [-0.2, -0.15) is 4.98 Å².